The standard InChI is InChI=1S/C25H39N9O8S/c26-10-19(36)31-17(12-35)23(40)34-16(9-14-5-2-1-3-6-14)22(39)33-15(7-4-8-29-25(27)28)21(38)30-11-20(37)32-18(13-43)24(41)42/h1-3,5-6,15-18,35,43H,4,7-13,26H2,(H,30,38)(H,31,36)(H,32,37)(H,33,39)(H,34,40)(H,41,42)(H4,27,28,29)/t15-,16-,17-,18-/m0/s1. The molecule has 5 amide bonds. The van der Waals surface area contributed by atoms with Gasteiger partial charge in [-0.05, 0) is 18.4 Å². The first-order chi connectivity index (χ1) is 20.4. The lowest BCUT2D eigenvalue weighted by molar-refractivity contribution is -0.141. The fraction of sp³-hybridized carbons (Fsp3) is 0.480. The summed E-state index contributed by atoms with van der Waals surface area (Å²) >= 11 is 3.86. The Morgan fingerprint density at radius 3 is 2.00 bits per heavy atom. The van der Waals surface area contributed by atoms with Crippen LogP contribution in [0.1, 0.15) is 18.4 Å². The molecular weight excluding hydrogens is 586 g/mol. The number of thiol groups is 1. The van der Waals surface area contributed by atoms with E-state index in [0.717, 1.165) is 0 Å². The first-order valence-electron chi connectivity index (χ1n) is 13.1. The molecule has 1 rings (SSSR count). The molecule has 0 saturated heterocycles. The molecule has 1 aromatic rings. The van der Waals surface area contributed by atoms with Gasteiger partial charge >= 0.3 is 5.97 Å². The van der Waals surface area contributed by atoms with Gasteiger partial charge in [0.05, 0.1) is 19.7 Å². The third-order valence-corrected chi connectivity index (χ3v) is 6.12. The molecule has 0 heterocycles. The van der Waals surface area contributed by atoms with Crippen LogP contribution >= 0.6 is 12.6 Å². The highest BCUT2D eigenvalue weighted by molar-refractivity contribution is 7.80. The number of benzene rings is 1. The number of amides is 5. The van der Waals surface area contributed by atoms with E-state index in [2.05, 4.69) is 44.2 Å². The summed E-state index contributed by atoms with van der Waals surface area (Å²) in [5, 5.41) is 30.5. The van der Waals surface area contributed by atoms with E-state index < -0.39 is 79.4 Å². The Kier molecular flexibility index (Phi) is 16.7. The molecule has 238 valence electrons. The Morgan fingerprint density at radius 2 is 1.44 bits per heavy atom. The number of carboxylic acids is 1. The van der Waals surface area contributed by atoms with E-state index in [-0.39, 0.29) is 37.5 Å². The Balaban J connectivity index is 3.11. The fourth-order valence-electron chi connectivity index (χ4n) is 3.54. The molecule has 13 N–H and O–H groups in total. The Bertz CT molecular complexity index is 1130. The van der Waals surface area contributed by atoms with Gasteiger partial charge in [-0.2, -0.15) is 12.6 Å². The van der Waals surface area contributed by atoms with Gasteiger partial charge in [0.15, 0.2) is 5.96 Å². The zero-order valence-electron chi connectivity index (χ0n) is 23.3. The van der Waals surface area contributed by atoms with Crippen LogP contribution in [0.15, 0.2) is 35.3 Å². The summed E-state index contributed by atoms with van der Waals surface area (Å²) in [7, 11) is 0. The molecule has 43 heavy (non-hydrogen) atoms. The minimum absolute atomic E-state index is 0.0161. The molecule has 0 saturated carbocycles. The zero-order chi connectivity index (χ0) is 32.4. The highest BCUT2D eigenvalue weighted by Gasteiger charge is 2.30. The fourth-order valence-corrected chi connectivity index (χ4v) is 3.79. The number of aliphatic hydroxyl groups is 1. The summed E-state index contributed by atoms with van der Waals surface area (Å²) < 4.78 is 0. The maximum absolute atomic E-state index is 13.4. The third kappa shape index (κ3) is 14.3. The van der Waals surface area contributed by atoms with Crippen molar-refractivity contribution in [2.75, 3.05) is 32.0 Å². The van der Waals surface area contributed by atoms with Crippen LogP contribution in [0, 0.1) is 0 Å². The van der Waals surface area contributed by atoms with E-state index in [1.807, 2.05) is 0 Å². The van der Waals surface area contributed by atoms with Crippen molar-refractivity contribution in [1.82, 2.24) is 26.6 Å². The van der Waals surface area contributed by atoms with Gasteiger partial charge in [0.25, 0.3) is 0 Å². The normalized spacial score (nSPS) is 13.3. The number of carbonyl (C=O) groups excluding carboxylic acids is 5. The third-order valence-electron chi connectivity index (χ3n) is 5.75. The van der Waals surface area contributed by atoms with Gasteiger partial charge in [-0.15, -0.1) is 0 Å². The number of nitrogens with one attached hydrogen (secondary N) is 5. The summed E-state index contributed by atoms with van der Waals surface area (Å²) in [5.74, 6) is -5.61. The minimum Gasteiger partial charge on any atom is -0.480 e. The van der Waals surface area contributed by atoms with E-state index in [0.29, 0.717) is 5.56 Å². The van der Waals surface area contributed by atoms with E-state index in [4.69, 9.17) is 22.3 Å². The number of aliphatic imine (C=N–C) groups is 1. The van der Waals surface area contributed by atoms with Crippen LogP contribution in [0.3, 0.4) is 0 Å². The van der Waals surface area contributed by atoms with Gasteiger partial charge in [-0.1, -0.05) is 30.3 Å². The molecule has 4 atom stereocenters. The van der Waals surface area contributed by atoms with Crippen LogP contribution < -0.4 is 43.8 Å². The van der Waals surface area contributed by atoms with Gasteiger partial charge in [0.2, 0.25) is 29.5 Å². The number of carboxylic acid groups (broad SMARTS) is 1. The molecule has 0 aliphatic heterocycles. The average molecular weight is 626 g/mol. The van der Waals surface area contributed by atoms with Crippen LogP contribution in [-0.2, 0) is 35.2 Å². The van der Waals surface area contributed by atoms with Crippen LogP contribution in [0.5, 0.6) is 0 Å². The lowest BCUT2D eigenvalue weighted by atomic mass is 10.0. The summed E-state index contributed by atoms with van der Waals surface area (Å²) in [6, 6.07) is 3.45. The number of rotatable bonds is 19. The zero-order valence-corrected chi connectivity index (χ0v) is 24.2. The molecule has 0 aliphatic rings. The molecule has 0 radical (unpaired) electrons. The maximum atomic E-state index is 13.4. The second-order valence-corrected chi connectivity index (χ2v) is 9.49. The van der Waals surface area contributed by atoms with Crippen LogP contribution in [-0.4, -0.2) is 108 Å². The highest BCUT2D eigenvalue weighted by atomic mass is 32.1. The molecule has 0 aliphatic carbocycles. The van der Waals surface area contributed by atoms with E-state index in [1.165, 1.54) is 0 Å². The number of hydrogen-bond donors (Lipinski definition) is 11. The summed E-state index contributed by atoms with van der Waals surface area (Å²) in [4.78, 5) is 78.1. The highest BCUT2D eigenvalue weighted by Crippen LogP contribution is 2.06. The first-order valence-corrected chi connectivity index (χ1v) is 13.8. The summed E-state index contributed by atoms with van der Waals surface area (Å²) in [5.41, 5.74) is 16.6. The van der Waals surface area contributed by atoms with E-state index in [9.17, 15) is 33.9 Å². The van der Waals surface area contributed by atoms with Gasteiger partial charge in [-0.3, -0.25) is 29.0 Å². The van der Waals surface area contributed by atoms with Crippen LogP contribution in [0.4, 0.5) is 0 Å². The minimum atomic E-state index is -1.40. The average Bonchev–Trinajstić information content (AvgIpc) is 2.98. The van der Waals surface area contributed by atoms with Gasteiger partial charge in [-0.25, -0.2) is 4.79 Å². The number of hydrogen-bond acceptors (Lipinski definition) is 10. The lowest BCUT2D eigenvalue weighted by Gasteiger charge is -2.25. The molecule has 1 aromatic carbocycles. The number of aliphatic hydroxyl groups excluding tert-OH is 1. The first kappa shape index (κ1) is 36.6. The largest absolute Gasteiger partial charge is 0.480 e. The Hall–Kier alpha value is -4.42. The number of guanidine groups is 1. The van der Waals surface area contributed by atoms with Gasteiger partial charge < -0.3 is 54.0 Å². The van der Waals surface area contributed by atoms with Crippen LogP contribution in [0.2, 0.25) is 0 Å². The van der Waals surface area contributed by atoms with Crippen molar-refractivity contribution in [3.63, 3.8) is 0 Å². The maximum Gasteiger partial charge on any atom is 0.327 e. The number of nitrogens with two attached hydrogens (primary N) is 3. The van der Waals surface area contributed by atoms with Crippen molar-refractivity contribution in [2.24, 2.45) is 22.2 Å². The van der Waals surface area contributed by atoms with E-state index in [1.54, 1.807) is 30.3 Å². The van der Waals surface area contributed by atoms with E-state index >= 15 is 0 Å². The molecule has 17 nitrogen and oxygen atoms in total. The van der Waals surface area contributed by atoms with Gasteiger partial charge in [0.1, 0.15) is 24.2 Å². The molecule has 0 aromatic heterocycles. The van der Waals surface area contributed by atoms with Gasteiger partial charge in [0, 0.05) is 18.7 Å². The molecule has 18 heteroatoms. The topological polar surface area (TPSA) is 293 Å². The Morgan fingerprint density at radius 1 is 0.837 bits per heavy atom. The van der Waals surface area contributed by atoms with Crippen molar-refractivity contribution < 1.29 is 39.0 Å². The second kappa shape index (κ2) is 19.7. The van der Waals surface area contributed by atoms with Crippen molar-refractivity contribution >= 4 is 54.1 Å². The molecule has 0 unspecified atom stereocenters. The summed E-state index contributed by atoms with van der Waals surface area (Å²) in [6.07, 6.45) is 0.227. The Labute approximate surface area is 253 Å². The second-order valence-electron chi connectivity index (χ2n) is 9.13. The van der Waals surface area contributed by atoms with Crippen molar-refractivity contribution in [1.29, 1.82) is 0 Å². The number of aliphatic carboxylic acids is 1. The molecule has 0 fully saturated rings. The monoisotopic (exact) mass is 625 g/mol. The summed E-state index contributed by atoms with van der Waals surface area (Å²) in [6.45, 7) is -1.68. The molecule has 0 spiro atoms. The number of nitrogens with zero attached hydrogens (tertiary/aromatic N) is 1. The predicted molar refractivity (Wildman–Crippen MR) is 158 cm³/mol. The van der Waals surface area contributed by atoms with Crippen molar-refractivity contribution in [3.05, 3.63) is 35.9 Å². The number of carbonyl (C=O) groups is 6. The van der Waals surface area contributed by atoms with Crippen LogP contribution in [0.25, 0.3) is 0 Å². The lowest BCUT2D eigenvalue weighted by Crippen LogP contribution is -2.58. The van der Waals surface area contributed by atoms with Crippen molar-refractivity contribution in [2.45, 2.75) is 43.4 Å². The molecular formula is C25H39N9O8S. The van der Waals surface area contributed by atoms with Crippen molar-refractivity contribution in [3.8, 4) is 0 Å². The predicted octanol–water partition coefficient (Wildman–Crippen LogP) is -4.70. The SMILES string of the molecule is NCC(=O)N[C@@H](CO)C(=O)N[C@@H](Cc1ccccc1)C(=O)N[C@@H](CCCN=C(N)N)C(=O)NCC(=O)N[C@@H](CS)C(=O)O. The smallest absolute Gasteiger partial charge is 0.327 e. The quantitative estimate of drug-likeness (QED) is 0.0300. The molecule has 0 bridgehead atoms.